The van der Waals surface area contributed by atoms with Crippen molar-refractivity contribution in [3.05, 3.63) is 23.8 Å². The highest BCUT2D eigenvalue weighted by molar-refractivity contribution is 7.80. The Kier molecular flexibility index (Phi) is 10.2. The van der Waals surface area contributed by atoms with Crippen molar-refractivity contribution in [1.82, 2.24) is 10.6 Å². The van der Waals surface area contributed by atoms with E-state index in [1.807, 2.05) is 12.1 Å². The van der Waals surface area contributed by atoms with Gasteiger partial charge < -0.3 is 20.1 Å². The highest BCUT2D eigenvalue weighted by atomic mass is 32.1. The third-order valence-corrected chi connectivity index (χ3v) is 4.53. The minimum atomic E-state index is 0.704. The normalized spacial score (nSPS) is 11.7. The molecule has 5 heteroatoms. The Morgan fingerprint density at radius 3 is 2.50 bits per heavy atom. The largest absolute Gasteiger partial charge is 0.493 e. The van der Waals surface area contributed by atoms with Crippen LogP contribution in [-0.4, -0.2) is 32.4 Å². The summed E-state index contributed by atoms with van der Waals surface area (Å²) < 4.78 is 10.6. The number of unbranched alkanes of at least 4 members (excludes halogenated alkanes) is 1. The van der Waals surface area contributed by atoms with E-state index < -0.39 is 0 Å². The van der Waals surface area contributed by atoms with Gasteiger partial charge in [-0.15, -0.1) is 0 Å². The first-order valence-electron chi connectivity index (χ1n) is 8.87. The third kappa shape index (κ3) is 7.39. The molecule has 0 radical (unpaired) electrons. The molecule has 4 nitrogen and oxygen atoms in total. The van der Waals surface area contributed by atoms with Gasteiger partial charge in [0.15, 0.2) is 16.6 Å². The van der Waals surface area contributed by atoms with Gasteiger partial charge in [-0.2, -0.15) is 0 Å². The van der Waals surface area contributed by atoms with Gasteiger partial charge in [0.1, 0.15) is 0 Å². The van der Waals surface area contributed by atoms with E-state index in [2.05, 4.69) is 30.5 Å². The van der Waals surface area contributed by atoms with Crippen LogP contribution in [0.1, 0.15) is 45.1 Å². The molecule has 1 unspecified atom stereocenters. The molecule has 0 aliphatic heterocycles. The Labute approximate surface area is 152 Å². The first kappa shape index (κ1) is 20.6. The lowest BCUT2D eigenvalue weighted by molar-refractivity contribution is 0.354. The van der Waals surface area contributed by atoms with E-state index in [0.717, 1.165) is 36.1 Å². The summed E-state index contributed by atoms with van der Waals surface area (Å²) in [6.45, 7) is 6.24. The van der Waals surface area contributed by atoms with Gasteiger partial charge in [0.05, 0.1) is 14.2 Å². The molecule has 1 aromatic carbocycles. The fourth-order valence-corrected chi connectivity index (χ4v) is 2.78. The fourth-order valence-electron chi connectivity index (χ4n) is 2.60. The van der Waals surface area contributed by atoms with Gasteiger partial charge in [-0.1, -0.05) is 39.2 Å². The second kappa shape index (κ2) is 12.0. The number of benzene rings is 1. The molecule has 136 valence electrons. The zero-order valence-corrected chi connectivity index (χ0v) is 16.3. The maximum absolute atomic E-state index is 5.37. The number of hydrogen-bond donors (Lipinski definition) is 2. The summed E-state index contributed by atoms with van der Waals surface area (Å²) in [6.07, 6.45) is 5.90. The van der Waals surface area contributed by atoms with Crippen LogP contribution in [0.4, 0.5) is 0 Å². The van der Waals surface area contributed by atoms with E-state index in [9.17, 15) is 0 Å². The number of ether oxygens (including phenoxy) is 2. The van der Waals surface area contributed by atoms with E-state index in [-0.39, 0.29) is 0 Å². The van der Waals surface area contributed by atoms with Crippen LogP contribution in [0.5, 0.6) is 11.5 Å². The SMILES string of the molecule is CCCCC(CC)CNC(=S)NCCc1ccc(OC)c(OC)c1. The van der Waals surface area contributed by atoms with Crippen molar-refractivity contribution in [2.75, 3.05) is 27.3 Å². The van der Waals surface area contributed by atoms with Gasteiger partial charge in [0, 0.05) is 13.1 Å². The summed E-state index contributed by atoms with van der Waals surface area (Å²) in [6, 6.07) is 6.00. The molecule has 0 spiro atoms. The molecule has 24 heavy (non-hydrogen) atoms. The lowest BCUT2D eigenvalue weighted by Crippen LogP contribution is -2.38. The Bertz CT molecular complexity index is 494. The first-order chi connectivity index (χ1) is 11.6. The van der Waals surface area contributed by atoms with Crippen LogP contribution in [0.15, 0.2) is 18.2 Å². The number of methoxy groups -OCH3 is 2. The average molecular weight is 353 g/mol. The summed E-state index contributed by atoms with van der Waals surface area (Å²) >= 11 is 5.37. The molecule has 0 saturated carbocycles. The molecule has 0 aromatic heterocycles. The molecular formula is C19H32N2O2S. The molecular weight excluding hydrogens is 320 g/mol. The van der Waals surface area contributed by atoms with Crippen molar-refractivity contribution in [1.29, 1.82) is 0 Å². The molecule has 0 aliphatic rings. The second-order valence-corrected chi connectivity index (χ2v) is 6.40. The Hall–Kier alpha value is -1.49. The van der Waals surface area contributed by atoms with Crippen LogP contribution in [0.3, 0.4) is 0 Å². The van der Waals surface area contributed by atoms with Crippen LogP contribution in [0.2, 0.25) is 0 Å². The van der Waals surface area contributed by atoms with Gasteiger partial charge in [-0.25, -0.2) is 0 Å². The molecule has 0 bridgehead atoms. The number of nitrogens with one attached hydrogen (secondary N) is 2. The molecule has 0 heterocycles. The number of thiocarbonyl (C=S) groups is 1. The van der Waals surface area contributed by atoms with Gasteiger partial charge in [-0.05, 0) is 48.7 Å². The molecule has 0 saturated heterocycles. The molecule has 0 aliphatic carbocycles. The van der Waals surface area contributed by atoms with Crippen molar-refractivity contribution in [2.24, 2.45) is 5.92 Å². The van der Waals surface area contributed by atoms with E-state index in [0.29, 0.717) is 5.92 Å². The number of rotatable bonds is 11. The molecule has 2 N–H and O–H groups in total. The quantitative estimate of drug-likeness (QED) is 0.591. The minimum absolute atomic E-state index is 0.704. The zero-order valence-electron chi connectivity index (χ0n) is 15.5. The van der Waals surface area contributed by atoms with Crippen LogP contribution < -0.4 is 20.1 Å². The Morgan fingerprint density at radius 1 is 1.12 bits per heavy atom. The van der Waals surface area contributed by atoms with Gasteiger partial charge in [0.25, 0.3) is 0 Å². The molecule has 1 aromatic rings. The fraction of sp³-hybridized carbons (Fsp3) is 0.632. The van der Waals surface area contributed by atoms with Crippen molar-refractivity contribution >= 4 is 17.3 Å². The lowest BCUT2D eigenvalue weighted by Gasteiger charge is -2.17. The first-order valence-corrected chi connectivity index (χ1v) is 9.27. The summed E-state index contributed by atoms with van der Waals surface area (Å²) in [5.74, 6) is 2.22. The second-order valence-electron chi connectivity index (χ2n) is 5.99. The summed E-state index contributed by atoms with van der Waals surface area (Å²) in [7, 11) is 3.30. The smallest absolute Gasteiger partial charge is 0.166 e. The Morgan fingerprint density at radius 2 is 1.88 bits per heavy atom. The van der Waals surface area contributed by atoms with E-state index in [1.165, 1.54) is 31.2 Å². The van der Waals surface area contributed by atoms with Crippen molar-refractivity contribution in [2.45, 2.75) is 46.0 Å². The maximum Gasteiger partial charge on any atom is 0.166 e. The molecule has 1 atom stereocenters. The topological polar surface area (TPSA) is 42.5 Å². The van der Waals surface area contributed by atoms with E-state index >= 15 is 0 Å². The summed E-state index contributed by atoms with van der Waals surface area (Å²) in [5.41, 5.74) is 1.19. The van der Waals surface area contributed by atoms with Crippen LogP contribution >= 0.6 is 12.2 Å². The number of hydrogen-bond acceptors (Lipinski definition) is 3. The highest BCUT2D eigenvalue weighted by Gasteiger charge is 2.07. The van der Waals surface area contributed by atoms with Gasteiger partial charge >= 0.3 is 0 Å². The van der Waals surface area contributed by atoms with Gasteiger partial charge in [0.2, 0.25) is 0 Å². The monoisotopic (exact) mass is 352 g/mol. The minimum Gasteiger partial charge on any atom is -0.493 e. The Balaban J connectivity index is 2.32. The summed E-state index contributed by atoms with van der Waals surface area (Å²) in [4.78, 5) is 0. The van der Waals surface area contributed by atoms with Crippen molar-refractivity contribution < 1.29 is 9.47 Å². The van der Waals surface area contributed by atoms with E-state index in [4.69, 9.17) is 21.7 Å². The van der Waals surface area contributed by atoms with Crippen molar-refractivity contribution in [3.63, 3.8) is 0 Å². The highest BCUT2D eigenvalue weighted by Crippen LogP contribution is 2.27. The predicted octanol–water partition coefficient (Wildman–Crippen LogP) is 3.93. The molecule has 0 amide bonds. The van der Waals surface area contributed by atoms with Crippen LogP contribution in [0, 0.1) is 5.92 Å². The molecule has 0 fully saturated rings. The third-order valence-electron chi connectivity index (χ3n) is 4.24. The van der Waals surface area contributed by atoms with Gasteiger partial charge in [-0.3, -0.25) is 0 Å². The maximum atomic E-state index is 5.37. The summed E-state index contributed by atoms with van der Waals surface area (Å²) in [5, 5.41) is 7.37. The lowest BCUT2D eigenvalue weighted by atomic mass is 9.99. The zero-order chi connectivity index (χ0) is 17.8. The molecule has 1 rings (SSSR count). The van der Waals surface area contributed by atoms with Crippen LogP contribution in [0.25, 0.3) is 0 Å². The predicted molar refractivity (Wildman–Crippen MR) is 105 cm³/mol. The van der Waals surface area contributed by atoms with E-state index in [1.54, 1.807) is 14.2 Å². The van der Waals surface area contributed by atoms with Crippen molar-refractivity contribution in [3.8, 4) is 11.5 Å². The standard InChI is InChI=1S/C19H32N2O2S/c1-5-7-8-15(6-2)14-21-19(24)20-12-11-16-9-10-17(22-3)18(13-16)23-4/h9-10,13,15H,5-8,11-12,14H2,1-4H3,(H2,20,21,24). The average Bonchev–Trinajstić information content (AvgIpc) is 2.61. The van der Waals surface area contributed by atoms with Crippen LogP contribution in [-0.2, 0) is 6.42 Å².